The van der Waals surface area contributed by atoms with E-state index in [1.54, 1.807) is 5.56 Å². The van der Waals surface area contributed by atoms with Gasteiger partial charge < -0.3 is 5.32 Å². The molecule has 2 heteroatoms. The van der Waals surface area contributed by atoms with Crippen LogP contribution in [-0.4, -0.2) is 13.1 Å². The van der Waals surface area contributed by atoms with Crippen LogP contribution >= 0.6 is 11.3 Å². The van der Waals surface area contributed by atoms with Gasteiger partial charge in [-0.1, -0.05) is 18.2 Å². The Bertz CT molecular complexity index is 468. The molecule has 0 unspecified atom stereocenters. The third kappa shape index (κ3) is 2.00. The lowest BCUT2D eigenvalue weighted by atomic mass is 9.91. The highest BCUT2D eigenvalue weighted by molar-refractivity contribution is 7.17. The Morgan fingerprint density at radius 2 is 2.00 bits per heavy atom. The van der Waals surface area contributed by atoms with Gasteiger partial charge in [0.1, 0.15) is 0 Å². The summed E-state index contributed by atoms with van der Waals surface area (Å²) in [5, 5.41) is 6.30. The van der Waals surface area contributed by atoms with Crippen LogP contribution < -0.4 is 5.32 Å². The number of hydrogen-bond donors (Lipinski definition) is 1. The molecule has 3 rings (SSSR count). The van der Waals surface area contributed by atoms with E-state index in [0.29, 0.717) is 0 Å². The maximum atomic E-state index is 2.45. The zero-order chi connectivity index (χ0) is 10.8. The van der Waals surface area contributed by atoms with Crippen LogP contribution in [0.3, 0.4) is 0 Å². The van der Waals surface area contributed by atoms with Crippen molar-refractivity contribution in [2.24, 2.45) is 5.92 Å². The molecule has 1 nitrogen and oxygen atoms in total. The van der Waals surface area contributed by atoms with E-state index in [1.807, 2.05) is 11.3 Å². The number of piperidine rings is 1. The molecule has 2 heterocycles. The van der Waals surface area contributed by atoms with Gasteiger partial charge in [0.25, 0.3) is 0 Å². The molecule has 0 amide bonds. The van der Waals surface area contributed by atoms with Crippen molar-refractivity contribution in [2.45, 2.75) is 19.3 Å². The molecule has 1 aromatic heterocycles. The van der Waals surface area contributed by atoms with Crippen LogP contribution in [0.15, 0.2) is 29.6 Å². The van der Waals surface area contributed by atoms with Gasteiger partial charge in [-0.15, -0.1) is 11.3 Å². The van der Waals surface area contributed by atoms with Crippen LogP contribution in [0.25, 0.3) is 10.1 Å². The number of thiophene rings is 1. The Labute approximate surface area is 100 Å². The maximum Gasteiger partial charge on any atom is 0.0758 e. The lowest BCUT2D eigenvalue weighted by Gasteiger charge is -2.19. The highest BCUT2D eigenvalue weighted by Crippen LogP contribution is 2.28. The van der Waals surface area contributed by atoms with E-state index in [1.165, 1.54) is 42.4 Å². The first-order valence-corrected chi connectivity index (χ1v) is 7.08. The van der Waals surface area contributed by atoms with Crippen molar-refractivity contribution in [2.75, 3.05) is 13.1 Å². The molecule has 1 aromatic carbocycles. The minimum absolute atomic E-state index is 0.919. The molecule has 0 atom stereocenters. The highest BCUT2D eigenvalue weighted by atomic mass is 32.1. The molecule has 0 radical (unpaired) electrons. The second-order valence-corrected chi connectivity index (χ2v) is 5.68. The van der Waals surface area contributed by atoms with Crippen molar-refractivity contribution in [3.05, 3.63) is 35.2 Å². The third-order valence-corrected chi connectivity index (χ3v) is 4.64. The van der Waals surface area contributed by atoms with Crippen LogP contribution in [0.4, 0.5) is 0 Å². The minimum Gasteiger partial charge on any atom is -0.346 e. The number of benzene rings is 1. The molecular weight excluding hydrogens is 214 g/mol. The third-order valence-electron chi connectivity index (χ3n) is 3.63. The molecule has 2 aromatic rings. The molecule has 0 spiro atoms. The van der Waals surface area contributed by atoms with E-state index in [-0.39, 0.29) is 0 Å². The standard InChI is InChI=1S/C14H17NS/c1-2-4-14-13(3-1)12(10-16-14)9-11-5-7-15-8-6-11/h1-4,10-11,15H,5-9H2/p+1. The van der Waals surface area contributed by atoms with E-state index >= 15 is 0 Å². The Balaban J connectivity index is 1.83. The highest BCUT2D eigenvalue weighted by Gasteiger charge is 2.17. The van der Waals surface area contributed by atoms with Gasteiger partial charge in [0.05, 0.1) is 13.1 Å². The van der Waals surface area contributed by atoms with Crippen LogP contribution in [0, 0.1) is 5.92 Å². The molecule has 0 bridgehead atoms. The SMILES string of the molecule is c1ccc2c(CC3CC[NH2+]CC3)csc2c1. The summed E-state index contributed by atoms with van der Waals surface area (Å²) in [5.74, 6) is 0.919. The Morgan fingerprint density at radius 3 is 2.88 bits per heavy atom. The summed E-state index contributed by atoms with van der Waals surface area (Å²) in [7, 11) is 0. The van der Waals surface area contributed by atoms with Crippen molar-refractivity contribution >= 4 is 21.4 Å². The van der Waals surface area contributed by atoms with Crippen molar-refractivity contribution in [3.63, 3.8) is 0 Å². The summed E-state index contributed by atoms with van der Waals surface area (Å²) >= 11 is 1.89. The molecule has 0 aliphatic carbocycles. The van der Waals surface area contributed by atoms with E-state index in [4.69, 9.17) is 0 Å². The fraction of sp³-hybridized carbons (Fsp3) is 0.429. The van der Waals surface area contributed by atoms with Crippen molar-refractivity contribution in [3.8, 4) is 0 Å². The molecule has 1 saturated heterocycles. The van der Waals surface area contributed by atoms with Crippen LogP contribution in [0.2, 0.25) is 0 Å². The van der Waals surface area contributed by atoms with Gasteiger partial charge in [-0.3, -0.25) is 0 Å². The van der Waals surface area contributed by atoms with Gasteiger partial charge >= 0.3 is 0 Å². The van der Waals surface area contributed by atoms with Gasteiger partial charge in [0.15, 0.2) is 0 Å². The first kappa shape index (κ1) is 10.3. The van der Waals surface area contributed by atoms with E-state index in [9.17, 15) is 0 Å². The smallest absolute Gasteiger partial charge is 0.0758 e. The summed E-state index contributed by atoms with van der Waals surface area (Å²) < 4.78 is 1.44. The average Bonchev–Trinajstić information content (AvgIpc) is 2.74. The van der Waals surface area contributed by atoms with Gasteiger partial charge in [-0.05, 0) is 47.6 Å². The Hall–Kier alpha value is -0.860. The second-order valence-electron chi connectivity index (χ2n) is 4.77. The fourth-order valence-corrected chi connectivity index (χ4v) is 3.68. The van der Waals surface area contributed by atoms with Crippen molar-refractivity contribution < 1.29 is 5.32 Å². The number of fused-ring (bicyclic) bond motifs is 1. The van der Waals surface area contributed by atoms with Crippen LogP contribution in [-0.2, 0) is 6.42 Å². The minimum atomic E-state index is 0.919. The number of quaternary nitrogens is 1. The van der Waals surface area contributed by atoms with Crippen molar-refractivity contribution in [1.82, 2.24) is 0 Å². The quantitative estimate of drug-likeness (QED) is 0.819. The number of nitrogens with two attached hydrogens (primary N) is 1. The van der Waals surface area contributed by atoms with Crippen LogP contribution in [0.5, 0.6) is 0 Å². The fourth-order valence-electron chi connectivity index (χ4n) is 2.70. The zero-order valence-corrected chi connectivity index (χ0v) is 10.3. The normalized spacial score (nSPS) is 18.0. The molecule has 1 fully saturated rings. The summed E-state index contributed by atoms with van der Waals surface area (Å²) in [6.45, 7) is 2.65. The Kier molecular flexibility index (Phi) is 2.94. The zero-order valence-electron chi connectivity index (χ0n) is 9.49. The molecule has 2 N–H and O–H groups in total. The largest absolute Gasteiger partial charge is 0.346 e. The Morgan fingerprint density at radius 1 is 1.19 bits per heavy atom. The molecule has 0 saturated carbocycles. The van der Waals surface area contributed by atoms with Gasteiger partial charge in [0.2, 0.25) is 0 Å². The molecule has 1 aliphatic heterocycles. The second kappa shape index (κ2) is 4.56. The summed E-state index contributed by atoms with van der Waals surface area (Å²) in [5.41, 5.74) is 1.58. The lowest BCUT2D eigenvalue weighted by molar-refractivity contribution is -0.664. The monoisotopic (exact) mass is 232 g/mol. The topological polar surface area (TPSA) is 16.6 Å². The first-order chi connectivity index (χ1) is 7.93. The van der Waals surface area contributed by atoms with E-state index in [0.717, 1.165) is 5.92 Å². The van der Waals surface area contributed by atoms with E-state index in [2.05, 4.69) is 35.0 Å². The lowest BCUT2D eigenvalue weighted by Crippen LogP contribution is -2.86. The van der Waals surface area contributed by atoms with E-state index < -0.39 is 0 Å². The summed E-state index contributed by atoms with van der Waals surface area (Å²) in [6.07, 6.45) is 4.08. The summed E-state index contributed by atoms with van der Waals surface area (Å²) in [4.78, 5) is 0. The first-order valence-electron chi connectivity index (χ1n) is 6.20. The molecule has 1 aliphatic rings. The maximum absolute atomic E-state index is 2.45. The van der Waals surface area contributed by atoms with Crippen molar-refractivity contribution in [1.29, 1.82) is 0 Å². The average molecular weight is 232 g/mol. The van der Waals surface area contributed by atoms with Gasteiger partial charge in [0, 0.05) is 4.70 Å². The number of rotatable bonds is 2. The number of hydrogen-bond acceptors (Lipinski definition) is 1. The summed E-state index contributed by atoms with van der Waals surface area (Å²) in [6, 6.07) is 8.81. The molecule has 84 valence electrons. The predicted octanol–water partition coefficient (Wildman–Crippen LogP) is 2.42. The molecular formula is C14H18NS+. The van der Waals surface area contributed by atoms with Gasteiger partial charge in [-0.25, -0.2) is 0 Å². The predicted molar refractivity (Wildman–Crippen MR) is 69.9 cm³/mol. The molecule has 16 heavy (non-hydrogen) atoms. The van der Waals surface area contributed by atoms with Crippen LogP contribution in [0.1, 0.15) is 18.4 Å². The van der Waals surface area contributed by atoms with Gasteiger partial charge in [-0.2, -0.15) is 0 Å².